The van der Waals surface area contributed by atoms with Crippen LogP contribution in [0, 0.1) is 17.1 Å². The topological polar surface area (TPSA) is 125 Å². The van der Waals surface area contributed by atoms with Crippen LogP contribution in [0.5, 0.6) is 5.75 Å². The van der Waals surface area contributed by atoms with Crippen molar-refractivity contribution in [2.45, 2.75) is 18.6 Å². The first-order chi connectivity index (χ1) is 18.1. The number of methoxy groups -OCH3 is 1. The number of morpholine rings is 1. The van der Waals surface area contributed by atoms with Crippen LogP contribution in [-0.4, -0.2) is 60.4 Å². The fourth-order valence-electron chi connectivity index (χ4n) is 5.35. The molecule has 0 radical (unpaired) electrons. The van der Waals surface area contributed by atoms with Gasteiger partial charge in [-0.1, -0.05) is 12.1 Å². The molecule has 4 N–H and O–H groups in total. The quantitative estimate of drug-likeness (QED) is 0.390. The lowest BCUT2D eigenvalue weighted by Gasteiger charge is -2.43. The van der Waals surface area contributed by atoms with E-state index in [2.05, 4.69) is 26.3 Å². The van der Waals surface area contributed by atoms with Crippen LogP contribution in [0.15, 0.2) is 42.6 Å². The van der Waals surface area contributed by atoms with Gasteiger partial charge in [-0.05, 0) is 30.2 Å². The lowest BCUT2D eigenvalue weighted by Crippen LogP contribution is -2.58. The van der Waals surface area contributed by atoms with E-state index in [0.717, 1.165) is 30.8 Å². The van der Waals surface area contributed by atoms with E-state index in [4.69, 9.17) is 20.2 Å². The first kappa shape index (κ1) is 23.2. The Morgan fingerprint density at radius 3 is 3.00 bits per heavy atom. The molecule has 9 nitrogen and oxygen atoms in total. The number of nitriles is 1. The molecule has 2 aromatic heterocycles. The number of nitrogen functional groups attached to an aromatic ring is 1. The minimum absolute atomic E-state index is 0.0130. The Kier molecular flexibility index (Phi) is 5.87. The molecule has 2 unspecified atom stereocenters. The molecular weight excluding hydrogens is 473 g/mol. The number of ether oxygens (including phenoxy) is 2. The van der Waals surface area contributed by atoms with Crippen molar-refractivity contribution < 1.29 is 13.9 Å². The average molecular weight is 500 g/mol. The number of benzene rings is 2. The van der Waals surface area contributed by atoms with Gasteiger partial charge in [0, 0.05) is 43.5 Å². The second kappa shape index (κ2) is 9.35. The van der Waals surface area contributed by atoms with Crippen molar-refractivity contribution in [2.24, 2.45) is 0 Å². The van der Waals surface area contributed by atoms with Gasteiger partial charge in [0.2, 0.25) is 0 Å². The third-order valence-corrected chi connectivity index (χ3v) is 7.07. The molecule has 10 heteroatoms. The fraction of sp³-hybridized carbons (Fsp3) is 0.296. The van der Waals surface area contributed by atoms with Crippen LogP contribution in [0.1, 0.15) is 12.0 Å². The highest BCUT2D eigenvalue weighted by Crippen LogP contribution is 2.43. The SMILES string of the molecule is COc1cc(C#N)cc2[nH]c(-c3c(N)ncc(-c4cccc(F)c4)c3N3CCC4NCCOC4C3)nc12. The third-order valence-electron chi connectivity index (χ3n) is 7.07. The number of aromatic nitrogens is 3. The summed E-state index contributed by atoms with van der Waals surface area (Å²) in [6, 6.07) is 12.3. The molecule has 0 spiro atoms. The summed E-state index contributed by atoms with van der Waals surface area (Å²) < 4.78 is 25.9. The molecule has 0 aliphatic carbocycles. The molecule has 6 rings (SSSR count). The summed E-state index contributed by atoms with van der Waals surface area (Å²) in [6.07, 6.45) is 2.58. The zero-order chi connectivity index (χ0) is 25.5. The average Bonchev–Trinajstić information content (AvgIpc) is 3.35. The van der Waals surface area contributed by atoms with Gasteiger partial charge in [0.05, 0.1) is 48.2 Å². The molecule has 37 heavy (non-hydrogen) atoms. The molecule has 0 bridgehead atoms. The zero-order valence-corrected chi connectivity index (χ0v) is 20.3. The number of pyridine rings is 1. The highest BCUT2D eigenvalue weighted by molar-refractivity contribution is 5.96. The van der Waals surface area contributed by atoms with E-state index in [9.17, 15) is 9.65 Å². The van der Waals surface area contributed by atoms with Crippen molar-refractivity contribution in [3.63, 3.8) is 0 Å². The second-order valence-electron chi connectivity index (χ2n) is 9.27. The van der Waals surface area contributed by atoms with Crippen LogP contribution in [0.2, 0.25) is 0 Å². The molecule has 2 fully saturated rings. The Balaban J connectivity index is 1.56. The highest BCUT2D eigenvalue weighted by Gasteiger charge is 2.35. The number of hydrogen-bond donors (Lipinski definition) is 3. The van der Waals surface area contributed by atoms with E-state index < -0.39 is 0 Å². The van der Waals surface area contributed by atoms with E-state index in [1.165, 1.54) is 12.1 Å². The number of aromatic amines is 1. The number of imidazole rings is 1. The zero-order valence-electron chi connectivity index (χ0n) is 20.3. The maximum Gasteiger partial charge on any atom is 0.148 e. The van der Waals surface area contributed by atoms with Gasteiger partial charge in [0.25, 0.3) is 0 Å². The van der Waals surface area contributed by atoms with E-state index in [1.54, 1.807) is 31.5 Å². The number of nitrogens with zero attached hydrogens (tertiary/aromatic N) is 4. The monoisotopic (exact) mass is 499 g/mol. The summed E-state index contributed by atoms with van der Waals surface area (Å²) >= 11 is 0. The number of rotatable bonds is 4. The van der Waals surface area contributed by atoms with Gasteiger partial charge >= 0.3 is 0 Å². The van der Waals surface area contributed by atoms with Gasteiger partial charge in [-0.25, -0.2) is 14.4 Å². The predicted molar refractivity (Wildman–Crippen MR) is 139 cm³/mol. The van der Waals surface area contributed by atoms with Gasteiger partial charge < -0.3 is 30.4 Å². The molecular formula is C27H26FN7O2. The van der Waals surface area contributed by atoms with Crippen LogP contribution in [-0.2, 0) is 4.74 Å². The first-order valence-corrected chi connectivity index (χ1v) is 12.2. The predicted octanol–water partition coefficient (Wildman–Crippen LogP) is 3.46. The molecule has 4 heterocycles. The minimum atomic E-state index is -0.335. The lowest BCUT2D eigenvalue weighted by atomic mass is 9.95. The fourth-order valence-corrected chi connectivity index (χ4v) is 5.35. The van der Waals surface area contributed by atoms with Crippen molar-refractivity contribution in [2.75, 3.05) is 44.0 Å². The number of hydrogen-bond acceptors (Lipinski definition) is 8. The summed E-state index contributed by atoms with van der Waals surface area (Å²) in [5.74, 6) is 0.927. The molecule has 2 saturated heterocycles. The van der Waals surface area contributed by atoms with Gasteiger partial charge in [0.1, 0.15) is 28.7 Å². The smallest absolute Gasteiger partial charge is 0.148 e. The Morgan fingerprint density at radius 1 is 1.30 bits per heavy atom. The normalized spacial score (nSPS) is 19.4. The summed E-state index contributed by atoms with van der Waals surface area (Å²) in [6.45, 7) is 2.88. The number of fused-ring (bicyclic) bond motifs is 2. The Hall–Kier alpha value is -4.20. The number of nitrogens with two attached hydrogens (primary N) is 1. The van der Waals surface area contributed by atoms with Crippen LogP contribution in [0.3, 0.4) is 0 Å². The van der Waals surface area contributed by atoms with Crippen LogP contribution >= 0.6 is 0 Å². The standard InChI is InChI=1S/C27H26FN7O2/c1-36-21-10-15(12-29)9-20-24(21)34-27(33-20)23-25(35-7-5-19-22(14-35)37-8-6-31-19)18(13-32-26(23)30)16-3-2-4-17(28)11-16/h2-4,9-11,13,19,22,31H,5-8,14H2,1H3,(H2,30,32)(H,33,34). The van der Waals surface area contributed by atoms with E-state index in [0.29, 0.717) is 58.3 Å². The molecule has 188 valence electrons. The van der Waals surface area contributed by atoms with Gasteiger partial charge in [-0.3, -0.25) is 0 Å². The number of halogens is 1. The number of piperidine rings is 1. The van der Waals surface area contributed by atoms with E-state index >= 15 is 0 Å². The Morgan fingerprint density at radius 2 is 2.19 bits per heavy atom. The highest BCUT2D eigenvalue weighted by atomic mass is 19.1. The summed E-state index contributed by atoms with van der Waals surface area (Å²) in [5, 5.41) is 13.0. The summed E-state index contributed by atoms with van der Waals surface area (Å²) in [7, 11) is 1.54. The van der Waals surface area contributed by atoms with Crippen LogP contribution in [0.25, 0.3) is 33.5 Å². The van der Waals surface area contributed by atoms with Crippen molar-refractivity contribution >= 4 is 22.5 Å². The number of nitrogens with one attached hydrogen (secondary N) is 2. The maximum absolute atomic E-state index is 14.3. The van der Waals surface area contributed by atoms with Crippen molar-refractivity contribution in [1.82, 2.24) is 20.3 Å². The third kappa shape index (κ3) is 4.12. The van der Waals surface area contributed by atoms with Crippen LogP contribution in [0.4, 0.5) is 15.9 Å². The minimum Gasteiger partial charge on any atom is -0.494 e. The summed E-state index contributed by atoms with van der Waals surface area (Å²) in [5.41, 5.74) is 11.0. The Labute approximate surface area is 213 Å². The van der Waals surface area contributed by atoms with Gasteiger partial charge in [0.15, 0.2) is 0 Å². The molecule has 0 saturated carbocycles. The van der Waals surface area contributed by atoms with Crippen molar-refractivity contribution in [3.05, 3.63) is 54.0 Å². The van der Waals surface area contributed by atoms with Crippen molar-refractivity contribution in [1.29, 1.82) is 5.26 Å². The molecule has 0 amide bonds. The number of anilines is 2. The molecule has 2 aliphatic rings. The second-order valence-corrected chi connectivity index (χ2v) is 9.27. The Bertz CT molecular complexity index is 1530. The van der Waals surface area contributed by atoms with Gasteiger partial charge in [-0.15, -0.1) is 0 Å². The van der Waals surface area contributed by atoms with E-state index in [1.807, 2.05) is 6.07 Å². The first-order valence-electron chi connectivity index (χ1n) is 12.2. The van der Waals surface area contributed by atoms with Crippen molar-refractivity contribution in [3.8, 4) is 34.3 Å². The molecule has 2 atom stereocenters. The largest absolute Gasteiger partial charge is 0.494 e. The van der Waals surface area contributed by atoms with Crippen LogP contribution < -0.4 is 20.7 Å². The molecule has 2 aromatic carbocycles. The van der Waals surface area contributed by atoms with E-state index in [-0.39, 0.29) is 18.0 Å². The molecule has 4 aromatic rings. The number of H-pyrrole nitrogens is 1. The maximum atomic E-state index is 14.3. The summed E-state index contributed by atoms with van der Waals surface area (Å²) in [4.78, 5) is 14.9. The lowest BCUT2D eigenvalue weighted by molar-refractivity contribution is -0.00899. The van der Waals surface area contributed by atoms with Gasteiger partial charge in [-0.2, -0.15) is 5.26 Å². The molecule has 2 aliphatic heterocycles.